The largest absolute Gasteiger partial charge is 0.352 e. The number of hydrogen-bond acceptors (Lipinski definition) is 5. The third-order valence-corrected chi connectivity index (χ3v) is 7.83. The van der Waals surface area contributed by atoms with Crippen LogP contribution < -0.4 is 16.0 Å². The van der Waals surface area contributed by atoms with Gasteiger partial charge in [-0.3, -0.25) is 14.9 Å². The number of nitrogens with zero attached hydrogens (tertiary/aromatic N) is 2. The second-order valence-electron chi connectivity index (χ2n) is 9.35. The van der Waals surface area contributed by atoms with Gasteiger partial charge in [0.1, 0.15) is 16.6 Å². The van der Waals surface area contributed by atoms with E-state index in [4.69, 9.17) is 28.5 Å². The van der Waals surface area contributed by atoms with Crippen LogP contribution in [-0.2, 0) is 10.2 Å². The predicted octanol–water partition coefficient (Wildman–Crippen LogP) is 5.22. The smallest absolute Gasteiger partial charge is 0.324 e. The van der Waals surface area contributed by atoms with Crippen LogP contribution in [0, 0.1) is 11.3 Å². The molecule has 34 heavy (non-hydrogen) atoms. The monoisotopic (exact) mass is 521 g/mol. The van der Waals surface area contributed by atoms with Gasteiger partial charge in [0.05, 0.1) is 26.9 Å². The van der Waals surface area contributed by atoms with E-state index in [0.29, 0.717) is 23.7 Å². The number of halogens is 2. The zero-order valence-electron chi connectivity index (χ0n) is 19.4. The molecule has 2 aromatic rings. The number of benzene rings is 1. The van der Waals surface area contributed by atoms with Gasteiger partial charge in [-0.05, 0) is 37.5 Å². The maximum atomic E-state index is 13.5. The number of carbonyl (C=O) groups excluding carboxylic acids is 3. The molecule has 0 atom stereocenters. The minimum absolute atomic E-state index is 0.0367. The first-order valence-electron chi connectivity index (χ1n) is 10.5. The molecule has 3 rings (SSSR count). The highest BCUT2D eigenvalue weighted by atomic mass is 35.5. The van der Waals surface area contributed by atoms with Crippen molar-refractivity contribution < 1.29 is 14.4 Å². The van der Waals surface area contributed by atoms with Crippen molar-refractivity contribution in [2.45, 2.75) is 45.6 Å². The highest BCUT2D eigenvalue weighted by Gasteiger charge is 2.42. The summed E-state index contributed by atoms with van der Waals surface area (Å²) in [5.41, 5.74) is -0.596. The average molecular weight is 522 g/mol. The van der Waals surface area contributed by atoms with E-state index in [1.165, 1.54) is 28.4 Å². The first kappa shape index (κ1) is 25.8. The molecule has 1 saturated heterocycles. The second kappa shape index (κ2) is 9.45. The highest BCUT2D eigenvalue weighted by Crippen LogP contribution is 2.38. The molecule has 1 fully saturated rings. The predicted molar refractivity (Wildman–Crippen MR) is 135 cm³/mol. The van der Waals surface area contributed by atoms with Gasteiger partial charge < -0.3 is 15.5 Å². The SMILES string of the molecule is CC(C)(C)c1cc(C(=O)N2CCNC(=O)C2(C)C)c(NC(=O)Nc2ccc(C#N)c(Cl)c2Cl)s1. The summed E-state index contributed by atoms with van der Waals surface area (Å²) in [4.78, 5) is 41.1. The van der Waals surface area contributed by atoms with Crippen LogP contribution in [-0.4, -0.2) is 41.4 Å². The van der Waals surface area contributed by atoms with Gasteiger partial charge in [0, 0.05) is 18.0 Å². The molecule has 4 amide bonds. The van der Waals surface area contributed by atoms with E-state index in [0.717, 1.165) is 4.88 Å². The average Bonchev–Trinajstić information content (AvgIpc) is 3.17. The number of hydrogen-bond donors (Lipinski definition) is 3. The molecule has 8 nitrogen and oxygen atoms in total. The van der Waals surface area contributed by atoms with Crippen LogP contribution in [0.1, 0.15) is 55.4 Å². The molecule has 180 valence electrons. The Balaban J connectivity index is 1.93. The lowest BCUT2D eigenvalue weighted by atomic mass is 9.93. The number of thiophene rings is 1. The number of amides is 4. The standard InChI is InChI=1S/C23H25Cl2N5O3S/c1-22(2,3)15-10-13(19(31)30-9-8-27-20(32)23(30,4)5)18(34-15)29-21(33)28-14-7-6-12(11-26)16(24)17(14)25/h6-7,10H,8-9H2,1-5H3,(H,27,32)(H2,28,29,33). The summed E-state index contributed by atoms with van der Waals surface area (Å²) in [5.74, 6) is -0.584. The lowest BCUT2D eigenvalue weighted by molar-refractivity contribution is -0.133. The Labute approximate surface area is 212 Å². The van der Waals surface area contributed by atoms with E-state index in [2.05, 4.69) is 16.0 Å². The van der Waals surface area contributed by atoms with Crippen LogP contribution in [0.3, 0.4) is 0 Å². The van der Waals surface area contributed by atoms with Crippen molar-refractivity contribution >= 4 is 63.1 Å². The van der Waals surface area contributed by atoms with E-state index in [1.807, 2.05) is 26.8 Å². The van der Waals surface area contributed by atoms with Crippen LogP contribution in [0.2, 0.25) is 10.0 Å². The maximum Gasteiger partial charge on any atom is 0.324 e. The Morgan fingerprint density at radius 2 is 1.88 bits per heavy atom. The molecule has 2 heterocycles. The third-order valence-electron chi connectivity index (χ3n) is 5.48. The first-order chi connectivity index (χ1) is 15.8. The Bertz CT molecular complexity index is 1210. The fourth-order valence-corrected chi connectivity index (χ4v) is 4.92. The molecule has 0 radical (unpaired) electrons. The van der Waals surface area contributed by atoms with Gasteiger partial charge >= 0.3 is 6.03 Å². The summed E-state index contributed by atoms with van der Waals surface area (Å²) >= 11 is 13.6. The Morgan fingerprint density at radius 3 is 2.50 bits per heavy atom. The Kier molecular flexibility index (Phi) is 7.18. The van der Waals surface area contributed by atoms with Crippen molar-refractivity contribution in [1.82, 2.24) is 10.2 Å². The third kappa shape index (κ3) is 4.99. The van der Waals surface area contributed by atoms with Crippen molar-refractivity contribution in [3.8, 4) is 6.07 Å². The summed E-state index contributed by atoms with van der Waals surface area (Å²) in [6, 6.07) is 5.98. The van der Waals surface area contributed by atoms with Gasteiger partial charge in [-0.15, -0.1) is 11.3 Å². The topological polar surface area (TPSA) is 114 Å². The quantitative estimate of drug-likeness (QED) is 0.513. The summed E-state index contributed by atoms with van der Waals surface area (Å²) in [7, 11) is 0. The van der Waals surface area contributed by atoms with Crippen LogP contribution >= 0.6 is 34.5 Å². The number of rotatable bonds is 3. The summed E-state index contributed by atoms with van der Waals surface area (Å²) in [6.45, 7) is 10.1. The van der Waals surface area contributed by atoms with Crippen LogP contribution in [0.15, 0.2) is 18.2 Å². The molecular formula is C23H25Cl2N5O3S. The highest BCUT2D eigenvalue weighted by molar-refractivity contribution is 7.16. The second-order valence-corrected chi connectivity index (χ2v) is 11.2. The molecular weight excluding hydrogens is 497 g/mol. The first-order valence-corrected chi connectivity index (χ1v) is 12.0. The maximum absolute atomic E-state index is 13.5. The van der Waals surface area contributed by atoms with Crippen molar-refractivity contribution in [2.24, 2.45) is 0 Å². The van der Waals surface area contributed by atoms with E-state index < -0.39 is 11.6 Å². The zero-order chi connectivity index (χ0) is 25.4. The number of urea groups is 1. The van der Waals surface area contributed by atoms with E-state index >= 15 is 0 Å². The van der Waals surface area contributed by atoms with Crippen LogP contribution in [0.5, 0.6) is 0 Å². The molecule has 3 N–H and O–H groups in total. The molecule has 0 bridgehead atoms. The molecule has 0 aliphatic carbocycles. The minimum Gasteiger partial charge on any atom is -0.352 e. The Morgan fingerprint density at radius 1 is 1.21 bits per heavy atom. The van der Waals surface area contributed by atoms with Crippen LogP contribution in [0.25, 0.3) is 0 Å². The van der Waals surface area contributed by atoms with Crippen molar-refractivity contribution in [1.29, 1.82) is 5.26 Å². The van der Waals surface area contributed by atoms with E-state index in [1.54, 1.807) is 19.9 Å². The summed E-state index contributed by atoms with van der Waals surface area (Å²) in [6.07, 6.45) is 0. The summed E-state index contributed by atoms with van der Waals surface area (Å²) in [5, 5.41) is 17.6. The van der Waals surface area contributed by atoms with Gasteiger partial charge in [-0.2, -0.15) is 5.26 Å². The molecule has 1 aliphatic heterocycles. The van der Waals surface area contributed by atoms with Gasteiger partial charge in [-0.1, -0.05) is 44.0 Å². The van der Waals surface area contributed by atoms with Crippen LogP contribution in [0.4, 0.5) is 15.5 Å². The summed E-state index contributed by atoms with van der Waals surface area (Å²) < 4.78 is 0. The van der Waals surface area contributed by atoms with Crippen molar-refractivity contribution in [2.75, 3.05) is 23.7 Å². The molecule has 1 aromatic carbocycles. The van der Waals surface area contributed by atoms with Gasteiger partial charge in [0.25, 0.3) is 5.91 Å². The molecule has 11 heteroatoms. The fraction of sp³-hybridized carbons (Fsp3) is 0.391. The number of nitrogens with one attached hydrogen (secondary N) is 3. The minimum atomic E-state index is -1.04. The van der Waals surface area contributed by atoms with Crippen molar-refractivity contribution in [3.63, 3.8) is 0 Å². The molecule has 1 aliphatic rings. The van der Waals surface area contributed by atoms with Gasteiger partial charge in [-0.25, -0.2) is 4.79 Å². The fourth-order valence-electron chi connectivity index (χ4n) is 3.40. The molecule has 0 unspecified atom stereocenters. The Hall–Kier alpha value is -2.80. The van der Waals surface area contributed by atoms with Gasteiger partial charge in [0.2, 0.25) is 5.91 Å². The lowest BCUT2D eigenvalue weighted by Gasteiger charge is -2.41. The lowest BCUT2D eigenvalue weighted by Crippen LogP contribution is -2.63. The molecule has 0 spiro atoms. The van der Waals surface area contributed by atoms with E-state index in [-0.39, 0.29) is 38.5 Å². The number of piperazine rings is 1. The molecule has 0 saturated carbocycles. The molecule has 1 aromatic heterocycles. The van der Waals surface area contributed by atoms with Gasteiger partial charge in [0.15, 0.2) is 0 Å². The number of carbonyl (C=O) groups is 3. The van der Waals surface area contributed by atoms with E-state index in [9.17, 15) is 14.4 Å². The van der Waals surface area contributed by atoms with Crippen molar-refractivity contribution in [3.05, 3.63) is 44.2 Å². The zero-order valence-corrected chi connectivity index (χ0v) is 21.8. The number of nitriles is 1. The normalized spacial score (nSPS) is 15.4. The number of anilines is 2.